The summed E-state index contributed by atoms with van der Waals surface area (Å²) in [6.45, 7) is 1.81. The predicted molar refractivity (Wildman–Crippen MR) is 53.8 cm³/mol. The van der Waals surface area contributed by atoms with Gasteiger partial charge in [0.25, 0.3) is 10.1 Å². The Morgan fingerprint density at radius 2 is 2.08 bits per heavy atom. The van der Waals surface area contributed by atoms with Crippen LogP contribution in [0.1, 0.15) is 8.35 Å². The number of thiocarbonyl (C=S) groups is 1. The summed E-state index contributed by atoms with van der Waals surface area (Å²) in [4.78, 5) is 0. The molecule has 0 aromatic rings. The standard InChI is InChI=1S/C2H7NS.C2H4O3S2.K.H/c1-2(3)4;3-7(4,5)2-1-6;;/h2,4H,3H2,1H3;1H,2H2,(H,3,4,5);;/q;;+1;-1. The SMILES string of the molecule is CC(N)S.O=S(=O)(O)CC=S.[H-].[K+]. The largest absolute Gasteiger partial charge is 1.00 e. The summed E-state index contributed by atoms with van der Waals surface area (Å²) in [5.41, 5.74) is 4.98. The molecule has 4 nitrogen and oxygen atoms in total. The van der Waals surface area contributed by atoms with Crippen molar-refractivity contribution in [2.24, 2.45) is 5.73 Å². The van der Waals surface area contributed by atoms with Crippen molar-refractivity contribution < 1.29 is 65.8 Å². The van der Waals surface area contributed by atoms with Gasteiger partial charge in [0.05, 0.1) is 0 Å². The molecule has 70 valence electrons. The summed E-state index contributed by atoms with van der Waals surface area (Å²) in [6, 6.07) is 0. The zero-order valence-electron chi connectivity index (χ0n) is 7.97. The van der Waals surface area contributed by atoms with Gasteiger partial charge in [-0.25, -0.2) is 0 Å². The van der Waals surface area contributed by atoms with E-state index in [4.69, 9.17) is 10.3 Å². The van der Waals surface area contributed by atoms with Crippen LogP contribution in [0.2, 0.25) is 0 Å². The summed E-state index contributed by atoms with van der Waals surface area (Å²) in [6.07, 6.45) is 0. The van der Waals surface area contributed by atoms with Crippen LogP contribution in [0.4, 0.5) is 0 Å². The maximum absolute atomic E-state index is 9.69. The van der Waals surface area contributed by atoms with Crippen LogP contribution in [0.15, 0.2) is 0 Å². The molecule has 8 heteroatoms. The Morgan fingerprint density at radius 1 is 1.83 bits per heavy atom. The molecule has 0 aromatic heterocycles. The number of rotatable bonds is 2. The number of nitrogens with two attached hydrogens (primary N) is 1. The monoisotopic (exact) mass is 257 g/mol. The second-order valence-corrected chi connectivity index (χ2v) is 4.30. The quantitative estimate of drug-likeness (QED) is 0.164. The summed E-state index contributed by atoms with van der Waals surface area (Å²) in [5.74, 6) is -0.442. The molecular formula is C4H12KNO3S3. The van der Waals surface area contributed by atoms with Gasteiger partial charge in [-0.15, -0.1) is 0 Å². The van der Waals surface area contributed by atoms with Crippen LogP contribution >= 0.6 is 24.8 Å². The predicted octanol–water partition coefficient (Wildman–Crippen LogP) is -2.79. The molecule has 0 rings (SSSR count). The molecule has 0 aliphatic rings. The minimum absolute atomic E-state index is 0. The normalized spacial score (nSPS) is 11.7. The van der Waals surface area contributed by atoms with Crippen molar-refractivity contribution in [3.63, 3.8) is 0 Å². The molecule has 0 spiro atoms. The van der Waals surface area contributed by atoms with Crippen molar-refractivity contribution in [3.05, 3.63) is 0 Å². The number of hydrogen-bond donors (Lipinski definition) is 3. The maximum Gasteiger partial charge on any atom is 1.00 e. The van der Waals surface area contributed by atoms with Gasteiger partial charge in [0.15, 0.2) is 0 Å². The van der Waals surface area contributed by atoms with Gasteiger partial charge < -0.3 is 7.16 Å². The van der Waals surface area contributed by atoms with E-state index in [0.717, 1.165) is 5.37 Å². The smallest absolute Gasteiger partial charge is 1.00 e. The van der Waals surface area contributed by atoms with Gasteiger partial charge in [-0.1, -0.05) is 12.2 Å². The average Bonchev–Trinajstić information content (AvgIpc) is 1.58. The fourth-order valence-corrected chi connectivity index (χ4v) is 0.774. The van der Waals surface area contributed by atoms with Crippen LogP contribution in [-0.4, -0.2) is 29.5 Å². The molecule has 12 heavy (non-hydrogen) atoms. The summed E-state index contributed by atoms with van der Waals surface area (Å²) < 4.78 is 27.3. The van der Waals surface area contributed by atoms with Crippen molar-refractivity contribution >= 4 is 40.3 Å². The van der Waals surface area contributed by atoms with Crippen molar-refractivity contribution in [2.45, 2.75) is 12.3 Å². The van der Waals surface area contributed by atoms with E-state index in [1.165, 1.54) is 0 Å². The Hall–Kier alpha value is 1.95. The fourth-order valence-electron chi connectivity index (χ4n) is 0.0860. The van der Waals surface area contributed by atoms with Crippen LogP contribution in [0.5, 0.6) is 0 Å². The minimum Gasteiger partial charge on any atom is -1.00 e. The Balaban J connectivity index is -0.0000000600. The summed E-state index contributed by atoms with van der Waals surface area (Å²) >= 11 is 7.88. The van der Waals surface area contributed by atoms with Crippen molar-refractivity contribution in [2.75, 3.05) is 5.75 Å². The van der Waals surface area contributed by atoms with Gasteiger partial charge in [-0.2, -0.15) is 21.0 Å². The first-order chi connectivity index (χ1) is 4.79. The van der Waals surface area contributed by atoms with Gasteiger partial charge in [-0.05, 0) is 12.3 Å². The molecule has 0 bridgehead atoms. The second-order valence-electron chi connectivity index (χ2n) is 1.66. The average molecular weight is 257 g/mol. The van der Waals surface area contributed by atoms with Crippen LogP contribution in [0.25, 0.3) is 0 Å². The molecule has 0 aliphatic heterocycles. The number of hydrogen-bond acceptors (Lipinski definition) is 5. The van der Waals surface area contributed by atoms with Crippen LogP contribution in [0, 0.1) is 0 Å². The van der Waals surface area contributed by atoms with Crippen molar-refractivity contribution in [1.82, 2.24) is 0 Å². The molecule has 1 unspecified atom stereocenters. The van der Waals surface area contributed by atoms with E-state index in [0.29, 0.717) is 0 Å². The van der Waals surface area contributed by atoms with E-state index < -0.39 is 15.9 Å². The Bertz CT molecular complexity index is 194. The summed E-state index contributed by atoms with van der Waals surface area (Å²) in [5, 5.41) is 0.981. The van der Waals surface area contributed by atoms with Gasteiger partial charge in [-0.3, -0.25) is 4.55 Å². The topological polar surface area (TPSA) is 80.4 Å². The molecule has 0 saturated heterocycles. The first-order valence-corrected chi connectivity index (χ1v) is 5.21. The minimum atomic E-state index is -3.83. The molecule has 0 aromatic carbocycles. The van der Waals surface area contributed by atoms with Gasteiger partial charge >= 0.3 is 51.4 Å². The molecule has 0 fully saturated rings. The van der Waals surface area contributed by atoms with E-state index >= 15 is 0 Å². The van der Waals surface area contributed by atoms with E-state index in [-0.39, 0.29) is 58.2 Å². The van der Waals surface area contributed by atoms with Gasteiger partial charge in [0.1, 0.15) is 5.75 Å². The van der Waals surface area contributed by atoms with Crippen molar-refractivity contribution in [3.8, 4) is 0 Å². The summed E-state index contributed by atoms with van der Waals surface area (Å²) in [7, 11) is -3.83. The van der Waals surface area contributed by atoms with Crippen LogP contribution < -0.4 is 57.1 Å². The van der Waals surface area contributed by atoms with Crippen LogP contribution in [-0.2, 0) is 10.1 Å². The molecule has 0 amide bonds. The molecule has 0 aliphatic carbocycles. The van der Waals surface area contributed by atoms with Gasteiger partial charge in [0.2, 0.25) is 0 Å². The van der Waals surface area contributed by atoms with Gasteiger partial charge in [0, 0.05) is 5.37 Å². The second kappa shape index (κ2) is 11.0. The van der Waals surface area contributed by atoms with E-state index in [1.807, 2.05) is 6.92 Å². The zero-order valence-corrected chi connectivity index (χ0v) is 12.6. The first-order valence-electron chi connectivity index (χ1n) is 2.62. The maximum atomic E-state index is 9.69. The molecule has 0 saturated carbocycles. The third kappa shape index (κ3) is 40.5. The zero-order chi connectivity index (χ0) is 9.49. The third-order valence-corrected chi connectivity index (χ3v) is 1.24. The van der Waals surface area contributed by atoms with Crippen LogP contribution in [0.3, 0.4) is 0 Å². The number of thiol groups is 1. The fraction of sp³-hybridized carbons (Fsp3) is 0.750. The molecule has 3 N–H and O–H groups in total. The Kier molecular flexibility index (Phi) is 17.9. The van der Waals surface area contributed by atoms with E-state index in [2.05, 4.69) is 24.8 Å². The third-order valence-electron chi connectivity index (χ3n) is 0.279. The van der Waals surface area contributed by atoms with E-state index in [1.54, 1.807) is 0 Å². The van der Waals surface area contributed by atoms with E-state index in [9.17, 15) is 8.42 Å². The molecule has 1 atom stereocenters. The molecular weight excluding hydrogens is 245 g/mol. The Labute approximate surface area is 128 Å². The first kappa shape index (κ1) is 19.5. The Morgan fingerprint density at radius 3 is 2.08 bits per heavy atom. The van der Waals surface area contributed by atoms with Crippen molar-refractivity contribution in [1.29, 1.82) is 0 Å². The molecule has 0 radical (unpaired) electrons. The molecule has 0 heterocycles.